The van der Waals surface area contributed by atoms with Gasteiger partial charge in [-0.2, -0.15) is 0 Å². The fourth-order valence-electron chi connectivity index (χ4n) is 0.818. The molecule has 60 valence electrons. The predicted octanol–water partition coefficient (Wildman–Crippen LogP) is 0.547. The first-order chi connectivity index (χ1) is 5.33. The number of rotatable bonds is 3. The van der Waals surface area contributed by atoms with Crippen LogP contribution in [0.4, 0.5) is 0 Å². The summed E-state index contributed by atoms with van der Waals surface area (Å²) in [4.78, 5) is 8.19. The van der Waals surface area contributed by atoms with Crippen LogP contribution in [0.5, 0.6) is 0 Å². The molecule has 0 saturated carbocycles. The maximum Gasteiger partial charge on any atom is 0.125 e. The Morgan fingerprint density at radius 3 is 2.55 bits per heavy atom. The molecule has 0 atom stereocenters. The van der Waals surface area contributed by atoms with Crippen LogP contribution in [0.3, 0.4) is 0 Å². The average Bonchev–Trinajstić information content (AvgIpc) is 2.04. The lowest BCUT2D eigenvalue weighted by Crippen LogP contribution is -2.10. The van der Waals surface area contributed by atoms with E-state index in [1.54, 1.807) is 0 Å². The molecule has 3 heteroatoms. The van der Waals surface area contributed by atoms with Gasteiger partial charge >= 0.3 is 0 Å². The zero-order valence-electron chi connectivity index (χ0n) is 6.96. The Morgan fingerprint density at radius 1 is 1.36 bits per heavy atom. The van der Waals surface area contributed by atoms with Crippen molar-refractivity contribution < 1.29 is 0 Å². The van der Waals surface area contributed by atoms with E-state index in [0.717, 1.165) is 18.8 Å². The standard InChI is InChI=1S/C8H13N3/c1-7-10-5-8(6-11-7)3-4-9-2/h5-6,9H,3-4H2,1-2H3. The molecule has 0 spiro atoms. The van der Waals surface area contributed by atoms with Gasteiger partial charge in [0.2, 0.25) is 0 Å². The van der Waals surface area contributed by atoms with Crippen molar-refractivity contribution in [1.82, 2.24) is 15.3 Å². The monoisotopic (exact) mass is 151 g/mol. The zero-order valence-corrected chi connectivity index (χ0v) is 6.96. The van der Waals surface area contributed by atoms with Crippen LogP contribution in [-0.4, -0.2) is 23.6 Å². The van der Waals surface area contributed by atoms with E-state index in [1.807, 2.05) is 26.4 Å². The number of likely N-dealkylation sites (N-methyl/N-ethyl adjacent to an activating group) is 1. The lowest BCUT2D eigenvalue weighted by molar-refractivity contribution is 0.783. The third-order valence-corrected chi connectivity index (χ3v) is 1.50. The van der Waals surface area contributed by atoms with Gasteiger partial charge in [-0.05, 0) is 32.5 Å². The van der Waals surface area contributed by atoms with E-state index in [2.05, 4.69) is 15.3 Å². The van der Waals surface area contributed by atoms with E-state index in [-0.39, 0.29) is 0 Å². The minimum absolute atomic E-state index is 0.832. The molecule has 0 amide bonds. The summed E-state index contributed by atoms with van der Waals surface area (Å²) < 4.78 is 0. The highest BCUT2D eigenvalue weighted by Crippen LogP contribution is 1.94. The van der Waals surface area contributed by atoms with Gasteiger partial charge < -0.3 is 5.32 Å². The number of aryl methyl sites for hydroxylation is 1. The number of nitrogens with zero attached hydrogens (tertiary/aromatic N) is 2. The third-order valence-electron chi connectivity index (χ3n) is 1.50. The fraction of sp³-hybridized carbons (Fsp3) is 0.500. The van der Waals surface area contributed by atoms with Gasteiger partial charge in [-0.1, -0.05) is 0 Å². The summed E-state index contributed by atoms with van der Waals surface area (Å²) >= 11 is 0. The van der Waals surface area contributed by atoms with Crippen molar-refractivity contribution >= 4 is 0 Å². The molecule has 0 saturated heterocycles. The van der Waals surface area contributed by atoms with Gasteiger partial charge in [0.25, 0.3) is 0 Å². The molecule has 3 nitrogen and oxygen atoms in total. The first kappa shape index (κ1) is 8.14. The summed E-state index contributed by atoms with van der Waals surface area (Å²) in [7, 11) is 1.94. The molecule has 0 aliphatic carbocycles. The van der Waals surface area contributed by atoms with Gasteiger partial charge in [-0.25, -0.2) is 9.97 Å². The highest BCUT2D eigenvalue weighted by molar-refractivity contribution is 5.04. The summed E-state index contributed by atoms with van der Waals surface area (Å²) in [6, 6.07) is 0. The summed E-state index contributed by atoms with van der Waals surface area (Å²) in [6.07, 6.45) is 4.75. The molecule has 11 heavy (non-hydrogen) atoms. The van der Waals surface area contributed by atoms with Crippen LogP contribution in [0.1, 0.15) is 11.4 Å². The molecular formula is C8H13N3. The quantitative estimate of drug-likeness (QED) is 0.685. The van der Waals surface area contributed by atoms with Gasteiger partial charge in [0.05, 0.1) is 0 Å². The minimum atomic E-state index is 0.832. The number of aromatic nitrogens is 2. The summed E-state index contributed by atoms with van der Waals surface area (Å²) in [5.41, 5.74) is 1.19. The number of hydrogen-bond acceptors (Lipinski definition) is 3. The number of nitrogens with one attached hydrogen (secondary N) is 1. The normalized spacial score (nSPS) is 10.0. The molecule has 0 fully saturated rings. The maximum atomic E-state index is 4.09. The van der Waals surface area contributed by atoms with Crippen LogP contribution in [0.2, 0.25) is 0 Å². The van der Waals surface area contributed by atoms with Crippen molar-refractivity contribution in [1.29, 1.82) is 0 Å². The smallest absolute Gasteiger partial charge is 0.125 e. The summed E-state index contributed by atoms with van der Waals surface area (Å²) in [5.74, 6) is 0.832. The largest absolute Gasteiger partial charge is 0.319 e. The molecule has 1 aromatic rings. The van der Waals surface area contributed by atoms with E-state index in [0.29, 0.717) is 0 Å². The topological polar surface area (TPSA) is 37.8 Å². The third kappa shape index (κ3) is 2.63. The van der Waals surface area contributed by atoms with Crippen molar-refractivity contribution in [3.05, 3.63) is 23.8 Å². The van der Waals surface area contributed by atoms with Gasteiger partial charge in [0.1, 0.15) is 5.82 Å². The van der Waals surface area contributed by atoms with Gasteiger partial charge in [0, 0.05) is 12.4 Å². The van der Waals surface area contributed by atoms with Crippen molar-refractivity contribution in [2.45, 2.75) is 13.3 Å². The Kier molecular flexibility index (Phi) is 2.98. The van der Waals surface area contributed by atoms with Crippen LogP contribution in [0.25, 0.3) is 0 Å². The van der Waals surface area contributed by atoms with Gasteiger partial charge in [-0.3, -0.25) is 0 Å². The van der Waals surface area contributed by atoms with E-state index in [1.165, 1.54) is 5.56 Å². The van der Waals surface area contributed by atoms with Gasteiger partial charge in [0.15, 0.2) is 0 Å². The molecular weight excluding hydrogens is 138 g/mol. The van der Waals surface area contributed by atoms with Crippen LogP contribution in [-0.2, 0) is 6.42 Å². The van der Waals surface area contributed by atoms with Crippen LogP contribution in [0.15, 0.2) is 12.4 Å². The average molecular weight is 151 g/mol. The van der Waals surface area contributed by atoms with Crippen molar-refractivity contribution in [3.63, 3.8) is 0 Å². The fourth-order valence-corrected chi connectivity index (χ4v) is 0.818. The SMILES string of the molecule is CNCCc1cnc(C)nc1. The van der Waals surface area contributed by atoms with Crippen molar-refractivity contribution in [3.8, 4) is 0 Å². The lowest BCUT2D eigenvalue weighted by atomic mass is 10.2. The molecule has 1 heterocycles. The maximum absolute atomic E-state index is 4.09. The van der Waals surface area contributed by atoms with E-state index >= 15 is 0 Å². The highest BCUT2D eigenvalue weighted by Gasteiger charge is 1.91. The van der Waals surface area contributed by atoms with E-state index < -0.39 is 0 Å². The Labute approximate surface area is 66.9 Å². The van der Waals surface area contributed by atoms with Crippen LogP contribution >= 0.6 is 0 Å². The Balaban J connectivity index is 2.52. The Morgan fingerprint density at radius 2 is 2.00 bits per heavy atom. The molecule has 0 aliphatic rings. The lowest BCUT2D eigenvalue weighted by Gasteiger charge is -1.98. The van der Waals surface area contributed by atoms with E-state index in [4.69, 9.17) is 0 Å². The molecule has 0 aliphatic heterocycles. The predicted molar refractivity (Wildman–Crippen MR) is 44.4 cm³/mol. The Hall–Kier alpha value is -0.960. The minimum Gasteiger partial charge on any atom is -0.319 e. The van der Waals surface area contributed by atoms with Crippen LogP contribution in [0, 0.1) is 6.92 Å². The van der Waals surface area contributed by atoms with Crippen molar-refractivity contribution in [2.24, 2.45) is 0 Å². The summed E-state index contributed by atoms with van der Waals surface area (Å²) in [5, 5.41) is 3.08. The van der Waals surface area contributed by atoms with Crippen LogP contribution < -0.4 is 5.32 Å². The van der Waals surface area contributed by atoms with Crippen molar-refractivity contribution in [2.75, 3.05) is 13.6 Å². The molecule has 0 bridgehead atoms. The molecule has 0 unspecified atom stereocenters. The van der Waals surface area contributed by atoms with E-state index in [9.17, 15) is 0 Å². The highest BCUT2D eigenvalue weighted by atomic mass is 14.8. The molecule has 1 rings (SSSR count). The first-order valence-corrected chi connectivity index (χ1v) is 3.75. The zero-order chi connectivity index (χ0) is 8.10. The molecule has 1 N–H and O–H groups in total. The first-order valence-electron chi connectivity index (χ1n) is 3.75. The second kappa shape index (κ2) is 4.03. The second-order valence-electron chi connectivity index (χ2n) is 2.49. The van der Waals surface area contributed by atoms with Gasteiger partial charge in [-0.15, -0.1) is 0 Å². The number of hydrogen-bond donors (Lipinski definition) is 1. The Bertz CT molecular complexity index is 205. The molecule has 0 aromatic carbocycles. The molecule has 0 radical (unpaired) electrons. The second-order valence-corrected chi connectivity index (χ2v) is 2.49. The summed E-state index contributed by atoms with van der Waals surface area (Å²) in [6.45, 7) is 2.87. The molecule has 1 aromatic heterocycles.